The Hall–Kier alpha value is -3.71. The van der Waals surface area contributed by atoms with Crippen LogP contribution in [0.3, 0.4) is 0 Å². The highest BCUT2D eigenvalue weighted by molar-refractivity contribution is 5.92. The van der Waals surface area contributed by atoms with E-state index in [1.165, 1.54) is 61.3 Å². The van der Waals surface area contributed by atoms with Crippen LogP contribution in [-0.2, 0) is 13.0 Å². The third-order valence-electron chi connectivity index (χ3n) is 9.56. The van der Waals surface area contributed by atoms with E-state index < -0.39 is 5.97 Å². The molecule has 2 aromatic carbocycles. The van der Waals surface area contributed by atoms with Crippen LogP contribution in [0.4, 0.5) is 5.69 Å². The van der Waals surface area contributed by atoms with Crippen molar-refractivity contribution in [2.45, 2.75) is 64.4 Å². The number of aryl methyl sites for hydroxylation is 1. The summed E-state index contributed by atoms with van der Waals surface area (Å²) in [6.45, 7) is 3.94. The summed E-state index contributed by atoms with van der Waals surface area (Å²) >= 11 is 0. The Morgan fingerprint density at radius 2 is 1.88 bits per heavy atom. The Kier molecular flexibility index (Phi) is 6.15. The van der Waals surface area contributed by atoms with Crippen LogP contribution in [-0.4, -0.2) is 39.4 Å². The number of anilines is 1. The Labute approximate surface area is 233 Å². The van der Waals surface area contributed by atoms with Gasteiger partial charge < -0.3 is 19.6 Å². The van der Waals surface area contributed by atoms with Crippen molar-refractivity contribution in [3.8, 4) is 11.3 Å². The van der Waals surface area contributed by atoms with E-state index in [-0.39, 0.29) is 12.3 Å². The van der Waals surface area contributed by atoms with Crippen molar-refractivity contribution >= 4 is 22.6 Å². The normalized spacial score (nSPS) is 18.8. The summed E-state index contributed by atoms with van der Waals surface area (Å²) in [6.07, 6.45) is 8.36. The molecule has 7 nitrogen and oxygen atoms in total. The molecular formula is C33H35N3O4. The zero-order valence-corrected chi connectivity index (χ0v) is 22.9. The molecule has 0 atom stereocenters. The molecule has 0 radical (unpaired) electrons. The molecule has 0 bridgehead atoms. The van der Waals surface area contributed by atoms with E-state index in [0.29, 0.717) is 28.3 Å². The zero-order valence-electron chi connectivity index (χ0n) is 22.9. The molecule has 2 saturated carbocycles. The number of hydrogen-bond donors (Lipinski definition) is 2. The molecule has 2 aromatic heterocycles. The van der Waals surface area contributed by atoms with Gasteiger partial charge in [-0.3, -0.25) is 0 Å². The topological polar surface area (TPSA) is 99.7 Å². The second-order valence-electron chi connectivity index (χ2n) is 12.3. The smallest absolute Gasteiger partial charge is 0.354 e. The maximum atomic E-state index is 11.4. The first kappa shape index (κ1) is 25.3. The van der Waals surface area contributed by atoms with Crippen molar-refractivity contribution in [1.29, 1.82) is 0 Å². The van der Waals surface area contributed by atoms with Crippen LogP contribution in [0.25, 0.3) is 22.2 Å². The molecular weight excluding hydrogens is 502 g/mol. The number of aliphatic hydroxyl groups is 1. The van der Waals surface area contributed by atoms with Crippen molar-refractivity contribution in [1.82, 2.24) is 10.1 Å². The predicted octanol–water partition coefficient (Wildman–Crippen LogP) is 6.51. The second kappa shape index (κ2) is 9.73. The molecule has 4 aromatic rings. The van der Waals surface area contributed by atoms with Gasteiger partial charge in [-0.05, 0) is 98.6 Å². The predicted molar refractivity (Wildman–Crippen MR) is 154 cm³/mol. The lowest BCUT2D eigenvalue weighted by atomic mass is 9.56. The minimum Gasteiger partial charge on any atom is -0.477 e. The van der Waals surface area contributed by atoms with Gasteiger partial charge in [-0.2, -0.15) is 0 Å². The van der Waals surface area contributed by atoms with Gasteiger partial charge in [0.15, 0.2) is 0 Å². The van der Waals surface area contributed by atoms with Crippen LogP contribution in [0.1, 0.15) is 77.4 Å². The third kappa shape index (κ3) is 4.46. The monoisotopic (exact) mass is 537 g/mol. The van der Waals surface area contributed by atoms with Gasteiger partial charge in [0.25, 0.3) is 0 Å². The number of carbonyl (C=O) groups is 1. The summed E-state index contributed by atoms with van der Waals surface area (Å²) in [4.78, 5) is 18.1. The van der Waals surface area contributed by atoms with E-state index >= 15 is 0 Å². The van der Waals surface area contributed by atoms with Crippen LogP contribution in [0, 0.1) is 18.3 Å². The molecule has 2 N–H and O–H groups in total. The van der Waals surface area contributed by atoms with Gasteiger partial charge in [0.1, 0.15) is 17.1 Å². The van der Waals surface area contributed by atoms with E-state index in [9.17, 15) is 15.0 Å². The summed E-state index contributed by atoms with van der Waals surface area (Å²) in [5.41, 5.74) is 7.55. The molecule has 3 aliphatic rings. The molecule has 1 aliphatic heterocycles. The zero-order chi connectivity index (χ0) is 27.4. The van der Waals surface area contributed by atoms with E-state index in [1.807, 2.05) is 12.1 Å². The number of benzene rings is 2. The van der Waals surface area contributed by atoms with Crippen LogP contribution >= 0.6 is 0 Å². The van der Waals surface area contributed by atoms with Gasteiger partial charge in [-0.25, -0.2) is 9.78 Å². The van der Waals surface area contributed by atoms with Crippen LogP contribution in [0.2, 0.25) is 0 Å². The molecule has 0 unspecified atom stereocenters. The van der Waals surface area contributed by atoms with Gasteiger partial charge >= 0.3 is 5.97 Å². The standard InChI is InChI=1S/C33H35N3O4/c1-20-4-2-3-5-25(20)30-27(31(40-35-30)22-6-7-22)14-21-17-33(18-21)10-12-36(13-11-33)24-8-9-28-26(16-24)23(19-37)15-29(34-28)32(38)39/h2-5,8-9,15-16,21-22,37H,6-7,10-14,17-19H2,1H3,(H,38,39). The van der Waals surface area contributed by atoms with E-state index in [4.69, 9.17) is 4.52 Å². The number of aromatic nitrogens is 2. The largest absolute Gasteiger partial charge is 0.477 e. The quantitative estimate of drug-likeness (QED) is 0.277. The SMILES string of the molecule is Cc1ccccc1-c1noc(C2CC2)c1CC1CC2(CCN(c3ccc4nc(C(=O)O)cc(CO)c4c3)CC2)C1. The fraction of sp³-hybridized carbons (Fsp3) is 0.424. The number of pyridine rings is 1. The lowest BCUT2D eigenvalue weighted by Crippen LogP contribution is -2.47. The van der Waals surface area contributed by atoms with Gasteiger partial charge in [0.2, 0.25) is 0 Å². The number of piperidine rings is 1. The Morgan fingerprint density at radius 3 is 2.58 bits per heavy atom. The van der Waals surface area contributed by atoms with E-state index in [0.717, 1.165) is 42.0 Å². The van der Waals surface area contributed by atoms with Gasteiger partial charge in [0.05, 0.1) is 12.1 Å². The molecule has 7 rings (SSSR count). The van der Waals surface area contributed by atoms with Crippen molar-refractivity contribution in [3.05, 3.63) is 76.7 Å². The number of hydrogen-bond acceptors (Lipinski definition) is 6. The molecule has 7 heteroatoms. The Bertz CT molecular complexity index is 1590. The number of fused-ring (bicyclic) bond motifs is 1. The first-order chi connectivity index (χ1) is 19.4. The fourth-order valence-electron chi connectivity index (χ4n) is 7.20. The molecule has 3 fully saturated rings. The number of nitrogens with zero attached hydrogens (tertiary/aromatic N) is 3. The molecule has 3 heterocycles. The lowest BCUT2D eigenvalue weighted by molar-refractivity contribution is 0.0282. The summed E-state index contributed by atoms with van der Waals surface area (Å²) in [7, 11) is 0. The average molecular weight is 538 g/mol. The van der Waals surface area contributed by atoms with Crippen molar-refractivity contribution in [2.75, 3.05) is 18.0 Å². The third-order valence-corrected chi connectivity index (χ3v) is 9.56. The Morgan fingerprint density at radius 1 is 1.10 bits per heavy atom. The average Bonchev–Trinajstić information content (AvgIpc) is 3.72. The maximum absolute atomic E-state index is 11.4. The molecule has 1 spiro atoms. The minimum absolute atomic E-state index is 0.0368. The molecule has 206 valence electrons. The number of carboxylic acids is 1. The van der Waals surface area contributed by atoms with E-state index in [2.05, 4.69) is 52.3 Å². The number of carboxylic acid groups (broad SMARTS) is 1. The van der Waals surface area contributed by atoms with Gasteiger partial charge in [-0.15, -0.1) is 0 Å². The van der Waals surface area contributed by atoms with Crippen LogP contribution in [0.15, 0.2) is 53.1 Å². The highest BCUT2D eigenvalue weighted by Crippen LogP contribution is 2.55. The highest BCUT2D eigenvalue weighted by Gasteiger charge is 2.46. The second-order valence-corrected chi connectivity index (χ2v) is 12.3. The molecule has 40 heavy (non-hydrogen) atoms. The van der Waals surface area contributed by atoms with E-state index in [1.54, 1.807) is 0 Å². The summed E-state index contributed by atoms with van der Waals surface area (Å²) < 4.78 is 5.96. The van der Waals surface area contributed by atoms with Gasteiger partial charge in [-0.1, -0.05) is 29.4 Å². The summed E-state index contributed by atoms with van der Waals surface area (Å²) in [5.74, 6) is 1.28. The fourth-order valence-corrected chi connectivity index (χ4v) is 7.20. The number of aliphatic hydroxyl groups excluding tert-OH is 1. The minimum atomic E-state index is -1.08. The summed E-state index contributed by atoms with van der Waals surface area (Å²) in [5, 5.41) is 24.6. The highest BCUT2D eigenvalue weighted by atomic mass is 16.5. The van der Waals surface area contributed by atoms with Crippen molar-refractivity contribution in [2.24, 2.45) is 11.3 Å². The first-order valence-corrected chi connectivity index (χ1v) is 14.5. The maximum Gasteiger partial charge on any atom is 0.354 e. The number of rotatable bonds is 7. The van der Waals surface area contributed by atoms with Gasteiger partial charge in [0, 0.05) is 41.2 Å². The van der Waals surface area contributed by atoms with Crippen LogP contribution in [0.5, 0.6) is 0 Å². The number of aromatic carboxylic acids is 1. The molecule has 0 amide bonds. The van der Waals surface area contributed by atoms with Crippen molar-refractivity contribution < 1.29 is 19.5 Å². The Balaban J connectivity index is 1.03. The first-order valence-electron chi connectivity index (χ1n) is 14.5. The molecule has 2 aliphatic carbocycles. The van der Waals surface area contributed by atoms with Crippen LogP contribution < -0.4 is 4.90 Å². The van der Waals surface area contributed by atoms with Crippen molar-refractivity contribution in [3.63, 3.8) is 0 Å². The lowest BCUT2D eigenvalue weighted by Gasteiger charge is -2.53. The molecule has 1 saturated heterocycles. The summed E-state index contributed by atoms with van der Waals surface area (Å²) in [6, 6.07) is 15.9.